The van der Waals surface area contributed by atoms with Crippen LogP contribution < -0.4 is 5.73 Å². The first-order valence-corrected chi connectivity index (χ1v) is 9.28. The van der Waals surface area contributed by atoms with Gasteiger partial charge in [-0.2, -0.15) is 0 Å². The molecule has 0 aliphatic carbocycles. The van der Waals surface area contributed by atoms with Gasteiger partial charge in [0.2, 0.25) is 11.8 Å². The number of aromatic nitrogens is 2. The van der Waals surface area contributed by atoms with E-state index in [-0.39, 0.29) is 29.7 Å². The molecule has 1 rings (SSSR count). The zero-order chi connectivity index (χ0) is 16.0. The summed E-state index contributed by atoms with van der Waals surface area (Å²) >= 11 is 4.00. The van der Waals surface area contributed by atoms with Crippen molar-refractivity contribution in [2.45, 2.75) is 48.5 Å². The van der Waals surface area contributed by atoms with Gasteiger partial charge in [0, 0.05) is 12.1 Å². The highest BCUT2D eigenvalue weighted by molar-refractivity contribution is 8.03. The Bertz CT molecular complexity index is 483. The van der Waals surface area contributed by atoms with Crippen molar-refractivity contribution in [2.75, 3.05) is 11.5 Å². The molecule has 0 saturated carbocycles. The van der Waals surface area contributed by atoms with Crippen LogP contribution in [-0.2, 0) is 9.59 Å². The van der Waals surface area contributed by atoms with Crippen molar-refractivity contribution in [1.82, 2.24) is 15.1 Å². The highest BCUT2D eigenvalue weighted by Crippen LogP contribution is 2.28. The molecular formula is C12H20N4O2S3. The molecule has 21 heavy (non-hydrogen) atoms. The molecule has 1 heterocycles. The van der Waals surface area contributed by atoms with Gasteiger partial charge in [0.05, 0.1) is 11.5 Å². The van der Waals surface area contributed by atoms with E-state index in [4.69, 9.17) is 5.73 Å². The molecule has 1 aromatic rings. The lowest BCUT2D eigenvalue weighted by Crippen LogP contribution is -2.43. The molecule has 118 valence electrons. The predicted molar refractivity (Wildman–Crippen MR) is 87.7 cm³/mol. The second-order valence-corrected chi connectivity index (χ2v) is 8.29. The average Bonchev–Trinajstić information content (AvgIpc) is 2.81. The number of hydrogen-bond donors (Lipinski definition) is 1. The first kappa shape index (κ1) is 18.2. The molecule has 0 aliphatic heterocycles. The van der Waals surface area contributed by atoms with Gasteiger partial charge in [-0.3, -0.25) is 9.59 Å². The molecule has 0 fully saturated rings. The van der Waals surface area contributed by atoms with E-state index in [0.717, 1.165) is 4.34 Å². The van der Waals surface area contributed by atoms with Crippen LogP contribution in [0, 0.1) is 0 Å². The van der Waals surface area contributed by atoms with Gasteiger partial charge < -0.3 is 10.6 Å². The number of nitrogens with two attached hydrogens (primary N) is 1. The molecule has 9 heteroatoms. The molecular weight excluding hydrogens is 328 g/mol. The number of nitrogens with zero attached hydrogens (tertiary/aromatic N) is 3. The third-order valence-corrected chi connectivity index (χ3v) is 5.64. The first-order valence-electron chi connectivity index (χ1n) is 6.49. The maximum atomic E-state index is 12.2. The third-order valence-electron chi connectivity index (χ3n) is 2.45. The summed E-state index contributed by atoms with van der Waals surface area (Å²) in [5, 5.41) is 7.96. The predicted octanol–water partition coefficient (Wildman–Crippen LogP) is 1.85. The van der Waals surface area contributed by atoms with E-state index in [1.165, 1.54) is 34.9 Å². The van der Waals surface area contributed by atoms with Gasteiger partial charge in [-0.25, -0.2) is 0 Å². The molecule has 2 amide bonds. The number of primary amides is 1. The van der Waals surface area contributed by atoms with Gasteiger partial charge in [0.15, 0.2) is 8.68 Å². The van der Waals surface area contributed by atoms with Gasteiger partial charge in [-0.1, -0.05) is 34.9 Å². The Balaban J connectivity index is 2.51. The average molecular weight is 349 g/mol. The number of hydrogen-bond acceptors (Lipinski definition) is 7. The van der Waals surface area contributed by atoms with Crippen LogP contribution in [0.25, 0.3) is 0 Å². The van der Waals surface area contributed by atoms with Crippen LogP contribution in [0.15, 0.2) is 8.68 Å². The third kappa shape index (κ3) is 6.23. The van der Waals surface area contributed by atoms with Gasteiger partial charge in [-0.05, 0) is 27.7 Å². The van der Waals surface area contributed by atoms with Crippen molar-refractivity contribution in [3.63, 3.8) is 0 Å². The molecule has 0 aliphatic rings. The molecule has 0 radical (unpaired) electrons. The van der Waals surface area contributed by atoms with E-state index in [1.807, 2.05) is 32.6 Å². The van der Waals surface area contributed by atoms with Crippen LogP contribution in [0.1, 0.15) is 27.7 Å². The van der Waals surface area contributed by atoms with Gasteiger partial charge >= 0.3 is 0 Å². The molecule has 6 nitrogen and oxygen atoms in total. The Kier molecular flexibility index (Phi) is 7.47. The van der Waals surface area contributed by atoms with Gasteiger partial charge in [0.1, 0.15) is 0 Å². The summed E-state index contributed by atoms with van der Waals surface area (Å²) in [6, 6.07) is 0.350. The van der Waals surface area contributed by atoms with Crippen molar-refractivity contribution >= 4 is 46.7 Å². The fourth-order valence-corrected chi connectivity index (χ4v) is 4.45. The van der Waals surface area contributed by atoms with Crippen molar-refractivity contribution in [3.8, 4) is 0 Å². The van der Waals surface area contributed by atoms with E-state index in [9.17, 15) is 9.59 Å². The Hall–Kier alpha value is -0.800. The number of carbonyl (C=O) groups is 2. The van der Waals surface area contributed by atoms with Crippen LogP contribution in [0.4, 0.5) is 0 Å². The summed E-state index contributed by atoms with van der Waals surface area (Å²) < 4.78 is 1.41. The minimum absolute atomic E-state index is 0.0894. The van der Waals surface area contributed by atoms with Crippen LogP contribution in [0.5, 0.6) is 0 Å². The number of rotatable bonds is 8. The Morgan fingerprint density at radius 1 is 1.10 bits per heavy atom. The second-order valence-electron chi connectivity index (χ2n) is 4.87. The fourth-order valence-electron chi connectivity index (χ4n) is 1.82. The maximum absolute atomic E-state index is 12.2. The minimum atomic E-state index is -0.385. The first-order chi connectivity index (χ1) is 9.81. The molecule has 2 N–H and O–H groups in total. The van der Waals surface area contributed by atoms with Crippen molar-refractivity contribution in [2.24, 2.45) is 5.73 Å². The molecule has 0 atom stereocenters. The zero-order valence-electron chi connectivity index (χ0n) is 12.5. The Labute approximate surface area is 137 Å². The molecule has 0 unspecified atom stereocenters. The van der Waals surface area contributed by atoms with E-state index >= 15 is 0 Å². The summed E-state index contributed by atoms with van der Waals surface area (Å²) in [6.45, 7) is 8.02. The molecule has 0 aromatic carbocycles. The lowest BCUT2D eigenvalue weighted by molar-refractivity contribution is -0.131. The molecule has 0 bridgehead atoms. The van der Waals surface area contributed by atoms with Crippen LogP contribution in [0.3, 0.4) is 0 Å². The van der Waals surface area contributed by atoms with Crippen molar-refractivity contribution < 1.29 is 9.59 Å². The monoisotopic (exact) mass is 348 g/mol. The van der Waals surface area contributed by atoms with Gasteiger partial charge in [0.25, 0.3) is 0 Å². The largest absolute Gasteiger partial charge is 0.369 e. The molecule has 1 aromatic heterocycles. The second kappa shape index (κ2) is 8.60. The highest BCUT2D eigenvalue weighted by atomic mass is 32.2. The van der Waals surface area contributed by atoms with Crippen LogP contribution >= 0.6 is 34.9 Å². The fraction of sp³-hybridized carbons (Fsp3) is 0.667. The summed E-state index contributed by atoms with van der Waals surface area (Å²) in [5.74, 6) is 0.230. The minimum Gasteiger partial charge on any atom is -0.369 e. The highest BCUT2D eigenvalue weighted by Gasteiger charge is 2.20. The molecule has 0 saturated heterocycles. The lowest BCUT2D eigenvalue weighted by atomic mass is 10.2. The Morgan fingerprint density at radius 3 is 2.00 bits per heavy atom. The smallest absolute Gasteiger partial charge is 0.233 e. The number of carbonyl (C=O) groups excluding carboxylic acids is 2. The number of amides is 2. The SMILES string of the molecule is CC(C)N(C(=O)CSc1nnc(SCC(N)=O)s1)C(C)C. The van der Waals surface area contributed by atoms with E-state index in [1.54, 1.807) is 0 Å². The Morgan fingerprint density at radius 2 is 1.57 bits per heavy atom. The van der Waals surface area contributed by atoms with Crippen molar-refractivity contribution in [3.05, 3.63) is 0 Å². The van der Waals surface area contributed by atoms with Gasteiger partial charge in [-0.15, -0.1) is 10.2 Å². The zero-order valence-corrected chi connectivity index (χ0v) is 15.0. The quantitative estimate of drug-likeness (QED) is 0.721. The van der Waals surface area contributed by atoms with Crippen molar-refractivity contribution in [1.29, 1.82) is 0 Å². The van der Waals surface area contributed by atoms with E-state index in [0.29, 0.717) is 10.1 Å². The summed E-state index contributed by atoms with van der Waals surface area (Å²) in [7, 11) is 0. The van der Waals surface area contributed by atoms with E-state index < -0.39 is 0 Å². The van der Waals surface area contributed by atoms with Crippen LogP contribution in [0.2, 0.25) is 0 Å². The maximum Gasteiger partial charge on any atom is 0.233 e. The topological polar surface area (TPSA) is 89.2 Å². The lowest BCUT2D eigenvalue weighted by Gasteiger charge is -2.30. The molecule has 0 spiro atoms. The number of thioether (sulfide) groups is 2. The van der Waals surface area contributed by atoms with Crippen LogP contribution in [-0.4, -0.2) is 50.5 Å². The summed E-state index contributed by atoms with van der Waals surface area (Å²) in [5.41, 5.74) is 5.08. The van der Waals surface area contributed by atoms with E-state index in [2.05, 4.69) is 10.2 Å². The summed E-state index contributed by atoms with van der Waals surface area (Å²) in [6.07, 6.45) is 0. The normalized spacial score (nSPS) is 11.1. The summed E-state index contributed by atoms with van der Waals surface area (Å²) in [4.78, 5) is 24.8. The standard InChI is InChI=1S/C12H20N4O2S3/c1-7(2)16(8(3)4)10(18)6-20-12-15-14-11(21-12)19-5-9(13)17/h7-8H,5-6H2,1-4H3,(H2,13,17).